The Hall–Kier alpha value is -0.910. The van der Waals surface area contributed by atoms with Gasteiger partial charge in [-0.15, -0.1) is 11.3 Å². The number of ether oxygens (including phenoxy) is 1. The highest BCUT2D eigenvalue weighted by molar-refractivity contribution is 9.10. The molecule has 2 aromatic rings. The van der Waals surface area contributed by atoms with Crippen molar-refractivity contribution < 1.29 is 4.74 Å². The summed E-state index contributed by atoms with van der Waals surface area (Å²) in [4.78, 5) is 5.76. The first-order valence-electron chi connectivity index (χ1n) is 6.87. The molecular formula is C16H21BrN2OS. The van der Waals surface area contributed by atoms with Gasteiger partial charge >= 0.3 is 0 Å². The Balaban J connectivity index is 2.10. The number of rotatable bonds is 5. The summed E-state index contributed by atoms with van der Waals surface area (Å²) in [6.45, 7) is 7.93. The highest BCUT2D eigenvalue weighted by atomic mass is 79.9. The fraction of sp³-hybridized carbons (Fsp3) is 0.438. The first kappa shape index (κ1) is 16.5. The number of methoxy groups -OCH3 is 1. The minimum absolute atomic E-state index is 0.111. The van der Waals surface area contributed by atoms with E-state index in [1.165, 1.54) is 9.88 Å². The van der Waals surface area contributed by atoms with Crippen LogP contribution in [0.15, 0.2) is 28.9 Å². The molecule has 1 aromatic carbocycles. The molecule has 21 heavy (non-hydrogen) atoms. The molecule has 1 aromatic heterocycles. The lowest BCUT2D eigenvalue weighted by Crippen LogP contribution is -2.09. The summed E-state index contributed by atoms with van der Waals surface area (Å²) in [5.74, 6) is 0. The van der Waals surface area contributed by atoms with E-state index in [4.69, 9.17) is 4.74 Å². The third kappa shape index (κ3) is 4.28. The van der Waals surface area contributed by atoms with Crippen LogP contribution in [0, 0.1) is 0 Å². The Morgan fingerprint density at radius 3 is 2.71 bits per heavy atom. The van der Waals surface area contributed by atoms with Crippen LogP contribution in [0.2, 0.25) is 0 Å². The summed E-state index contributed by atoms with van der Waals surface area (Å²) in [6.07, 6.45) is 1.96. The maximum Gasteiger partial charge on any atom is 0.0981 e. The van der Waals surface area contributed by atoms with Gasteiger partial charge in [0.25, 0.3) is 0 Å². The zero-order valence-corrected chi connectivity index (χ0v) is 15.3. The Bertz CT molecular complexity index is 605. The molecule has 0 unspecified atom stereocenters. The SMILES string of the molecule is COCc1c(Br)cccc1NCc1cnc(C(C)(C)C)s1. The van der Waals surface area contributed by atoms with E-state index in [1.54, 1.807) is 18.4 Å². The number of halogens is 1. The predicted octanol–water partition coefficient (Wildman–Crippen LogP) is 4.96. The molecule has 1 heterocycles. The average Bonchev–Trinajstić information content (AvgIpc) is 2.88. The van der Waals surface area contributed by atoms with Crippen molar-refractivity contribution in [2.24, 2.45) is 0 Å². The second-order valence-electron chi connectivity index (χ2n) is 5.93. The van der Waals surface area contributed by atoms with Crippen molar-refractivity contribution in [2.75, 3.05) is 12.4 Å². The molecule has 0 radical (unpaired) electrons. The number of anilines is 1. The zero-order chi connectivity index (χ0) is 15.5. The lowest BCUT2D eigenvalue weighted by Gasteiger charge is -2.14. The molecular weight excluding hydrogens is 348 g/mol. The Morgan fingerprint density at radius 1 is 1.33 bits per heavy atom. The van der Waals surface area contributed by atoms with Crippen LogP contribution in [0.5, 0.6) is 0 Å². The van der Waals surface area contributed by atoms with Gasteiger partial charge in [0.15, 0.2) is 0 Å². The number of hydrogen-bond donors (Lipinski definition) is 1. The van der Waals surface area contributed by atoms with Crippen LogP contribution in [0.4, 0.5) is 5.69 Å². The molecule has 0 aliphatic carbocycles. The molecule has 0 bridgehead atoms. The Labute approximate surface area is 138 Å². The fourth-order valence-corrected chi connectivity index (χ4v) is 3.32. The molecule has 1 N–H and O–H groups in total. The maximum atomic E-state index is 5.27. The normalized spacial score (nSPS) is 11.7. The van der Waals surface area contributed by atoms with E-state index in [1.807, 2.05) is 18.3 Å². The molecule has 0 amide bonds. The quantitative estimate of drug-likeness (QED) is 0.809. The summed E-state index contributed by atoms with van der Waals surface area (Å²) < 4.78 is 6.33. The Kier molecular flexibility index (Phi) is 5.41. The zero-order valence-electron chi connectivity index (χ0n) is 12.9. The lowest BCUT2D eigenvalue weighted by atomic mass is 9.98. The lowest BCUT2D eigenvalue weighted by molar-refractivity contribution is 0.185. The van der Waals surface area contributed by atoms with Gasteiger partial charge in [0.05, 0.1) is 18.2 Å². The van der Waals surface area contributed by atoms with Gasteiger partial charge in [-0.1, -0.05) is 42.8 Å². The number of thiazole rings is 1. The van der Waals surface area contributed by atoms with Gasteiger partial charge in [-0.25, -0.2) is 4.98 Å². The summed E-state index contributed by atoms with van der Waals surface area (Å²) in [5.41, 5.74) is 2.34. The van der Waals surface area contributed by atoms with Gasteiger partial charge in [0, 0.05) is 39.3 Å². The second kappa shape index (κ2) is 6.90. The van der Waals surface area contributed by atoms with Crippen LogP contribution < -0.4 is 5.32 Å². The van der Waals surface area contributed by atoms with Crippen molar-refractivity contribution in [3.05, 3.63) is 44.3 Å². The van der Waals surface area contributed by atoms with Crippen LogP contribution in [0.25, 0.3) is 0 Å². The van der Waals surface area contributed by atoms with Crippen molar-refractivity contribution >= 4 is 33.0 Å². The van der Waals surface area contributed by atoms with Crippen LogP contribution in [0.1, 0.15) is 36.2 Å². The third-order valence-electron chi connectivity index (χ3n) is 3.06. The number of benzene rings is 1. The van der Waals surface area contributed by atoms with E-state index < -0.39 is 0 Å². The van der Waals surface area contributed by atoms with E-state index in [0.717, 1.165) is 22.3 Å². The van der Waals surface area contributed by atoms with E-state index in [0.29, 0.717) is 6.61 Å². The third-order valence-corrected chi connectivity index (χ3v) is 5.22. The molecule has 0 aliphatic rings. The first-order chi connectivity index (χ1) is 9.91. The van der Waals surface area contributed by atoms with Crippen molar-refractivity contribution in [3.63, 3.8) is 0 Å². The second-order valence-corrected chi connectivity index (χ2v) is 7.90. The average molecular weight is 369 g/mol. The van der Waals surface area contributed by atoms with E-state index in [-0.39, 0.29) is 5.41 Å². The standard InChI is InChI=1S/C16H21BrN2OS/c1-16(2,3)15-19-9-11(21-15)8-18-14-7-5-6-13(17)12(14)10-20-4/h5-7,9,18H,8,10H2,1-4H3. The van der Waals surface area contributed by atoms with Gasteiger partial charge in [-0.3, -0.25) is 0 Å². The van der Waals surface area contributed by atoms with Crippen molar-refractivity contribution in [1.82, 2.24) is 4.98 Å². The molecule has 0 saturated carbocycles. The molecule has 114 valence electrons. The number of nitrogens with one attached hydrogen (secondary N) is 1. The highest BCUT2D eigenvalue weighted by Gasteiger charge is 2.18. The molecule has 0 atom stereocenters. The monoisotopic (exact) mass is 368 g/mol. The van der Waals surface area contributed by atoms with Gasteiger partial charge in [-0.05, 0) is 12.1 Å². The fourth-order valence-electron chi connectivity index (χ4n) is 1.93. The number of nitrogens with zero attached hydrogens (tertiary/aromatic N) is 1. The van der Waals surface area contributed by atoms with Crippen molar-refractivity contribution in [1.29, 1.82) is 0 Å². The smallest absolute Gasteiger partial charge is 0.0981 e. The minimum atomic E-state index is 0.111. The van der Waals surface area contributed by atoms with E-state index in [2.05, 4.69) is 53.1 Å². The maximum absolute atomic E-state index is 5.27. The summed E-state index contributed by atoms with van der Waals surface area (Å²) >= 11 is 5.34. The minimum Gasteiger partial charge on any atom is -0.380 e. The van der Waals surface area contributed by atoms with Crippen molar-refractivity contribution in [2.45, 2.75) is 39.3 Å². The number of hydrogen-bond acceptors (Lipinski definition) is 4. The highest BCUT2D eigenvalue weighted by Crippen LogP contribution is 2.29. The topological polar surface area (TPSA) is 34.1 Å². The molecule has 0 fully saturated rings. The van der Waals surface area contributed by atoms with Gasteiger partial charge in [0.1, 0.15) is 0 Å². The van der Waals surface area contributed by atoms with Gasteiger partial charge in [0.2, 0.25) is 0 Å². The van der Waals surface area contributed by atoms with Crippen molar-refractivity contribution in [3.8, 4) is 0 Å². The predicted molar refractivity (Wildman–Crippen MR) is 93.0 cm³/mol. The summed E-state index contributed by atoms with van der Waals surface area (Å²) in [6, 6.07) is 6.13. The van der Waals surface area contributed by atoms with Gasteiger partial charge < -0.3 is 10.1 Å². The van der Waals surface area contributed by atoms with Crippen LogP contribution in [-0.4, -0.2) is 12.1 Å². The molecule has 3 nitrogen and oxygen atoms in total. The Morgan fingerprint density at radius 2 is 2.10 bits per heavy atom. The van der Waals surface area contributed by atoms with Gasteiger partial charge in [-0.2, -0.15) is 0 Å². The molecule has 0 saturated heterocycles. The van der Waals surface area contributed by atoms with Crippen LogP contribution >= 0.6 is 27.3 Å². The molecule has 0 spiro atoms. The molecule has 0 aliphatic heterocycles. The van der Waals surface area contributed by atoms with E-state index >= 15 is 0 Å². The van der Waals surface area contributed by atoms with Crippen LogP contribution in [0.3, 0.4) is 0 Å². The van der Waals surface area contributed by atoms with Crippen LogP contribution in [-0.2, 0) is 23.3 Å². The van der Waals surface area contributed by atoms with E-state index in [9.17, 15) is 0 Å². The largest absolute Gasteiger partial charge is 0.380 e. The summed E-state index contributed by atoms with van der Waals surface area (Å²) in [5, 5.41) is 4.65. The first-order valence-corrected chi connectivity index (χ1v) is 8.48. The molecule has 2 rings (SSSR count). The molecule has 5 heteroatoms. The number of aromatic nitrogens is 1. The summed E-state index contributed by atoms with van der Waals surface area (Å²) in [7, 11) is 1.71.